The number of aliphatic hydroxyl groups is 4. The number of hydrogen-bond acceptors (Lipinski definition) is 13. The molecule has 46 heavy (non-hydrogen) atoms. The normalized spacial score (nSPS) is 28.8. The number of aromatic hydroxyl groups is 1. The highest BCUT2D eigenvalue weighted by Gasteiger charge is 2.46. The number of aliphatic hydroxyl groups excluding tert-OH is 3. The number of phenolic OH excluding ortho intramolecular Hbond substituents is 1. The number of carboxylic acid groups (broad SMARTS) is 3. The van der Waals surface area contributed by atoms with Crippen LogP contribution in [0.5, 0.6) is 11.5 Å². The van der Waals surface area contributed by atoms with Gasteiger partial charge in [-0.2, -0.15) is 4.58 Å². The average molecular weight is 652 g/mol. The number of aliphatic carboxylic acids is 3. The number of carboxylic acids is 3. The molecule has 17 heteroatoms. The highest BCUT2D eigenvalue weighted by Crippen LogP contribution is 2.38. The third-order valence-corrected chi connectivity index (χ3v) is 7.57. The summed E-state index contributed by atoms with van der Waals surface area (Å²) in [4.78, 5) is 45.9. The molecule has 0 radical (unpaired) electrons. The van der Waals surface area contributed by atoms with E-state index >= 15 is 0 Å². The lowest BCUT2D eigenvalue weighted by Gasteiger charge is -2.40. The van der Waals surface area contributed by atoms with Crippen LogP contribution in [-0.2, 0) is 35.1 Å². The summed E-state index contributed by atoms with van der Waals surface area (Å²) in [7, 11) is 0. The Balaban J connectivity index is 1.46. The number of fused-ring (bicyclic) bond motifs is 1. The molecule has 7 atom stereocenters. The van der Waals surface area contributed by atoms with Crippen molar-refractivity contribution >= 4 is 35.8 Å². The molecule has 1 unspecified atom stereocenters. The summed E-state index contributed by atoms with van der Waals surface area (Å²) in [6, 6.07) is 1.73. The lowest BCUT2D eigenvalue weighted by Crippen LogP contribution is -2.60. The van der Waals surface area contributed by atoms with Crippen molar-refractivity contribution in [1.29, 1.82) is 0 Å². The van der Waals surface area contributed by atoms with Gasteiger partial charge in [-0.25, -0.2) is 9.59 Å². The second-order valence-corrected chi connectivity index (χ2v) is 11.4. The zero-order chi connectivity index (χ0) is 33.9. The zero-order valence-electron chi connectivity index (χ0n) is 24.5. The maximum atomic E-state index is 12.2. The highest BCUT2D eigenvalue weighted by molar-refractivity contribution is 5.89. The molecule has 1 saturated heterocycles. The Labute approximate surface area is 260 Å². The largest absolute Gasteiger partial charge is 0.504 e. The number of allylic oxidation sites excluding steroid dienone is 2. The van der Waals surface area contributed by atoms with Crippen molar-refractivity contribution in [2.45, 2.75) is 75.0 Å². The molecule has 0 spiro atoms. The van der Waals surface area contributed by atoms with Crippen LogP contribution in [0.25, 0.3) is 0 Å². The fourth-order valence-electron chi connectivity index (χ4n) is 5.21. The molecule has 17 nitrogen and oxygen atoms in total. The van der Waals surface area contributed by atoms with Gasteiger partial charge in [-0.1, -0.05) is 0 Å². The van der Waals surface area contributed by atoms with Gasteiger partial charge in [0, 0.05) is 24.5 Å². The molecule has 1 aromatic rings. The molecule has 1 aromatic carbocycles. The van der Waals surface area contributed by atoms with Crippen LogP contribution in [0.4, 0.5) is 5.69 Å². The molecule has 4 rings (SSSR count). The Morgan fingerprint density at radius 3 is 2.46 bits per heavy atom. The first-order valence-electron chi connectivity index (χ1n) is 14.1. The minimum absolute atomic E-state index is 0.0390. The van der Waals surface area contributed by atoms with Crippen molar-refractivity contribution in [1.82, 2.24) is 5.32 Å². The molecule has 0 amide bonds. The van der Waals surface area contributed by atoms with Gasteiger partial charge in [0.05, 0.1) is 24.5 Å². The molecule has 3 aliphatic rings. The van der Waals surface area contributed by atoms with E-state index in [0.717, 1.165) is 6.92 Å². The Morgan fingerprint density at radius 2 is 1.80 bits per heavy atom. The number of carbonyl (C=O) groups is 4. The number of esters is 1. The Bertz CT molecular complexity index is 1480. The molecule has 1 fully saturated rings. The summed E-state index contributed by atoms with van der Waals surface area (Å²) in [5, 5.41) is 81.9. The SMILES string of the molecule is CC(O)(CC(=O)O)CC(=O)OC[C@H]1O[C@@H](Oc2cc3c(cc2O)[N+](=CC=C2C=C(C(=O)O)N[C@@H](C(=O)O)C2)CC3)[C@H](O)[C@@H](O)[C@@H]1O. The molecular weight excluding hydrogens is 616 g/mol. The smallest absolute Gasteiger partial charge is 0.351 e. The van der Waals surface area contributed by atoms with Crippen LogP contribution in [0.1, 0.15) is 31.7 Å². The molecule has 250 valence electrons. The topological polar surface area (TPSA) is 273 Å². The Kier molecular flexibility index (Phi) is 10.3. The molecular formula is C29H35N2O15+. The molecule has 0 bridgehead atoms. The van der Waals surface area contributed by atoms with E-state index in [9.17, 15) is 54.9 Å². The van der Waals surface area contributed by atoms with Gasteiger partial charge in [0.2, 0.25) is 12.0 Å². The summed E-state index contributed by atoms with van der Waals surface area (Å²) in [5.74, 6) is -5.36. The quantitative estimate of drug-likeness (QED) is 0.0957. The number of nitrogens with zero attached hydrogens (tertiary/aromatic N) is 1. The molecule has 0 saturated carbocycles. The minimum atomic E-state index is -1.90. The van der Waals surface area contributed by atoms with Gasteiger partial charge in [0.25, 0.3) is 0 Å². The summed E-state index contributed by atoms with van der Waals surface area (Å²) in [5.41, 5.74) is -0.437. The summed E-state index contributed by atoms with van der Waals surface area (Å²) in [6.45, 7) is 0.934. The number of hydrogen-bond donors (Lipinski definition) is 9. The van der Waals surface area contributed by atoms with E-state index in [-0.39, 0.29) is 23.6 Å². The van der Waals surface area contributed by atoms with Crippen LogP contribution in [-0.4, -0.2) is 131 Å². The van der Waals surface area contributed by atoms with Crippen molar-refractivity contribution in [3.05, 3.63) is 41.1 Å². The lowest BCUT2D eigenvalue weighted by atomic mass is 9.98. The van der Waals surface area contributed by atoms with Crippen LogP contribution >= 0.6 is 0 Å². The van der Waals surface area contributed by atoms with E-state index in [2.05, 4.69) is 5.32 Å². The van der Waals surface area contributed by atoms with E-state index in [1.165, 1.54) is 18.2 Å². The van der Waals surface area contributed by atoms with E-state index in [4.69, 9.17) is 19.3 Å². The van der Waals surface area contributed by atoms with Crippen LogP contribution in [0.15, 0.2) is 35.6 Å². The average Bonchev–Trinajstić information content (AvgIpc) is 3.35. The second-order valence-electron chi connectivity index (χ2n) is 11.4. The minimum Gasteiger partial charge on any atom is -0.504 e. The molecule has 3 aliphatic heterocycles. The number of carbonyl (C=O) groups excluding carboxylic acids is 1. The van der Waals surface area contributed by atoms with Crippen molar-refractivity contribution < 1.29 is 78.8 Å². The summed E-state index contributed by atoms with van der Waals surface area (Å²) in [6.07, 6.45) is -4.70. The first-order valence-corrected chi connectivity index (χ1v) is 14.1. The van der Waals surface area contributed by atoms with Gasteiger partial charge in [-0.3, -0.25) is 9.59 Å². The van der Waals surface area contributed by atoms with Gasteiger partial charge in [0.1, 0.15) is 42.8 Å². The fourth-order valence-corrected chi connectivity index (χ4v) is 5.21. The van der Waals surface area contributed by atoms with E-state index < -0.39 is 85.7 Å². The molecule has 3 heterocycles. The number of nitrogens with one attached hydrogen (secondary N) is 1. The van der Waals surface area contributed by atoms with Crippen LogP contribution in [0, 0.1) is 0 Å². The van der Waals surface area contributed by atoms with Crippen molar-refractivity contribution in [2.24, 2.45) is 0 Å². The highest BCUT2D eigenvalue weighted by atomic mass is 16.7. The standard InChI is InChI=1S/C29H34N2O15/c1-29(43,10-21(33)34)11-22(35)44-12-20-23(36)24(37)25(38)28(46-20)45-19-8-14-3-5-31(17(14)9-18(19)32)4-2-13-6-15(26(39)40)30-16(7-13)27(41)42/h2,4,6,8-9,16,20,23-25,28,36-38,43H,3,5,7,10-12H2,1H3,(H4,32,33,34,39,40,41,42)/p+1/t16-,20-,23-,24+,25-,28-,29?/m1/s1. The number of phenols is 1. The monoisotopic (exact) mass is 651 g/mol. The van der Waals surface area contributed by atoms with Gasteiger partial charge in [-0.15, -0.1) is 0 Å². The van der Waals surface area contributed by atoms with Gasteiger partial charge in [0.15, 0.2) is 24.3 Å². The molecule has 0 aliphatic carbocycles. The van der Waals surface area contributed by atoms with E-state index in [1.807, 2.05) is 0 Å². The van der Waals surface area contributed by atoms with Crippen LogP contribution in [0.3, 0.4) is 0 Å². The zero-order valence-corrected chi connectivity index (χ0v) is 24.5. The predicted octanol–water partition coefficient (Wildman–Crippen LogP) is -1.65. The summed E-state index contributed by atoms with van der Waals surface area (Å²) < 4.78 is 17.9. The maximum absolute atomic E-state index is 12.2. The second kappa shape index (κ2) is 13.8. The molecule has 9 N–H and O–H groups in total. The predicted molar refractivity (Wildman–Crippen MR) is 151 cm³/mol. The van der Waals surface area contributed by atoms with Crippen LogP contribution < -0.4 is 10.1 Å². The van der Waals surface area contributed by atoms with Crippen molar-refractivity contribution in [3.8, 4) is 11.5 Å². The first kappa shape index (κ1) is 34.3. The van der Waals surface area contributed by atoms with Crippen molar-refractivity contribution in [2.75, 3.05) is 13.2 Å². The lowest BCUT2D eigenvalue weighted by molar-refractivity contribution is -0.423. The Morgan fingerprint density at radius 1 is 1.09 bits per heavy atom. The summed E-state index contributed by atoms with van der Waals surface area (Å²) >= 11 is 0. The van der Waals surface area contributed by atoms with E-state index in [0.29, 0.717) is 29.8 Å². The van der Waals surface area contributed by atoms with E-state index in [1.54, 1.807) is 16.9 Å². The van der Waals surface area contributed by atoms with Crippen molar-refractivity contribution in [3.63, 3.8) is 0 Å². The third-order valence-electron chi connectivity index (χ3n) is 7.57. The van der Waals surface area contributed by atoms with Gasteiger partial charge >= 0.3 is 23.9 Å². The van der Waals surface area contributed by atoms with Gasteiger partial charge < -0.3 is 60.4 Å². The van der Waals surface area contributed by atoms with Crippen LogP contribution in [0.2, 0.25) is 0 Å². The Hall–Kier alpha value is -4.55. The number of benzene rings is 1. The fraction of sp³-hybridized carbons (Fsp3) is 0.483. The van der Waals surface area contributed by atoms with Gasteiger partial charge in [-0.05, 0) is 24.6 Å². The number of rotatable bonds is 11. The number of ether oxygens (including phenoxy) is 3. The first-order chi connectivity index (χ1) is 21.5. The maximum Gasteiger partial charge on any atom is 0.351 e. The molecule has 0 aromatic heterocycles. The third kappa shape index (κ3) is 8.18.